The first-order valence-corrected chi connectivity index (χ1v) is 7.04. The van der Waals surface area contributed by atoms with Crippen molar-refractivity contribution in [2.24, 2.45) is 11.1 Å². The maximum atomic E-state index is 12.9. The second kappa shape index (κ2) is 6.89. The SMILES string of the molecule is CC(C)(CCCCOc1ccc(F)cc1Br)C(=N)N. The van der Waals surface area contributed by atoms with Crippen molar-refractivity contribution in [1.29, 1.82) is 5.41 Å². The minimum atomic E-state index is -0.289. The summed E-state index contributed by atoms with van der Waals surface area (Å²) in [6, 6.07) is 4.37. The predicted octanol–water partition coefficient (Wildman–Crippen LogP) is 4.10. The van der Waals surface area contributed by atoms with E-state index in [1.807, 2.05) is 13.8 Å². The van der Waals surface area contributed by atoms with Crippen LogP contribution in [0, 0.1) is 16.6 Å². The molecule has 1 aromatic carbocycles. The second-order valence-corrected chi connectivity index (χ2v) is 6.03. The van der Waals surface area contributed by atoms with Crippen LogP contribution in [0.2, 0.25) is 0 Å². The Hall–Kier alpha value is -1.10. The number of rotatable bonds is 7. The van der Waals surface area contributed by atoms with Crippen LogP contribution in [-0.4, -0.2) is 12.4 Å². The normalized spacial score (nSPS) is 11.4. The third kappa shape index (κ3) is 5.19. The van der Waals surface area contributed by atoms with Crippen molar-refractivity contribution in [2.75, 3.05) is 6.61 Å². The number of halogens is 2. The summed E-state index contributed by atoms with van der Waals surface area (Å²) in [7, 11) is 0. The quantitative estimate of drug-likeness (QED) is 0.449. The van der Waals surface area contributed by atoms with E-state index < -0.39 is 0 Å². The topological polar surface area (TPSA) is 59.1 Å². The molecule has 0 radical (unpaired) electrons. The molecule has 0 aliphatic heterocycles. The Bertz CT molecular complexity index is 449. The second-order valence-electron chi connectivity index (χ2n) is 5.18. The van der Waals surface area contributed by atoms with Crippen molar-refractivity contribution < 1.29 is 9.13 Å². The number of amidine groups is 1. The lowest BCUT2D eigenvalue weighted by Crippen LogP contribution is -2.30. The maximum absolute atomic E-state index is 12.9. The van der Waals surface area contributed by atoms with Gasteiger partial charge in [-0.1, -0.05) is 13.8 Å². The van der Waals surface area contributed by atoms with Crippen LogP contribution in [0.1, 0.15) is 33.1 Å². The molecule has 3 N–H and O–H groups in total. The number of hydrogen-bond donors (Lipinski definition) is 2. The molecule has 0 heterocycles. The lowest BCUT2D eigenvalue weighted by atomic mass is 9.86. The van der Waals surface area contributed by atoms with E-state index in [1.165, 1.54) is 12.1 Å². The van der Waals surface area contributed by atoms with Gasteiger partial charge in [-0.2, -0.15) is 0 Å². The van der Waals surface area contributed by atoms with Gasteiger partial charge in [-0.25, -0.2) is 4.39 Å². The smallest absolute Gasteiger partial charge is 0.133 e. The lowest BCUT2D eigenvalue weighted by Gasteiger charge is -2.22. The number of hydrogen-bond acceptors (Lipinski definition) is 2. The summed E-state index contributed by atoms with van der Waals surface area (Å²) in [6.45, 7) is 4.50. The van der Waals surface area contributed by atoms with Crippen LogP contribution in [0.3, 0.4) is 0 Å². The summed E-state index contributed by atoms with van der Waals surface area (Å²) in [5.74, 6) is 0.573. The van der Waals surface area contributed by atoms with Gasteiger partial charge in [0.15, 0.2) is 0 Å². The molecular weight excluding hydrogens is 311 g/mol. The minimum Gasteiger partial charge on any atom is -0.492 e. The van der Waals surface area contributed by atoms with Gasteiger partial charge in [-0.15, -0.1) is 0 Å². The maximum Gasteiger partial charge on any atom is 0.133 e. The van der Waals surface area contributed by atoms with E-state index in [0.29, 0.717) is 16.8 Å². The van der Waals surface area contributed by atoms with Crippen molar-refractivity contribution in [3.63, 3.8) is 0 Å². The number of nitrogens with two attached hydrogens (primary N) is 1. The molecule has 0 unspecified atom stereocenters. The summed E-state index contributed by atoms with van der Waals surface area (Å²) < 4.78 is 19.1. The third-order valence-electron chi connectivity index (χ3n) is 3.08. The van der Waals surface area contributed by atoms with E-state index in [2.05, 4.69) is 15.9 Å². The van der Waals surface area contributed by atoms with Crippen LogP contribution in [0.15, 0.2) is 22.7 Å². The first-order valence-electron chi connectivity index (χ1n) is 6.25. The standard InChI is InChI=1S/C14H20BrFN2O/c1-14(2,13(17)18)7-3-4-8-19-12-6-5-10(16)9-11(12)15/h5-6,9H,3-4,7-8H2,1-2H3,(H3,17,18). The molecule has 0 aromatic heterocycles. The van der Waals surface area contributed by atoms with E-state index in [-0.39, 0.29) is 17.1 Å². The number of nitrogens with one attached hydrogen (secondary N) is 1. The molecule has 0 amide bonds. The van der Waals surface area contributed by atoms with Crippen molar-refractivity contribution in [3.8, 4) is 5.75 Å². The van der Waals surface area contributed by atoms with Gasteiger partial charge in [-0.05, 0) is 53.4 Å². The summed E-state index contributed by atoms with van der Waals surface area (Å²) in [6.07, 6.45) is 2.67. The lowest BCUT2D eigenvalue weighted by molar-refractivity contribution is 0.294. The van der Waals surface area contributed by atoms with Gasteiger partial charge in [0.05, 0.1) is 16.9 Å². The highest BCUT2D eigenvalue weighted by Crippen LogP contribution is 2.26. The zero-order chi connectivity index (χ0) is 14.5. The van der Waals surface area contributed by atoms with Gasteiger partial charge in [0, 0.05) is 5.41 Å². The molecule has 0 atom stereocenters. The van der Waals surface area contributed by atoms with Gasteiger partial charge in [-0.3, -0.25) is 5.41 Å². The van der Waals surface area contributed by atoms with Gasteiger partial charge < -0.3 is 10.5 Å². The van der Waals surface area contributed by atoms with Gasteiger partial charge >= 0.3 is 0 Å². The van der Waals surface area contributed by atoms with Crippen molar-refractivity contribution >= 4 is 21.8 Å². The molecule has 0 aliphatic carbocycles. The molecule has 0 fully saturated rings. The van der Waals surface area contributed by atoms with E-state index >= 15 is 0 Å². The molecule has 0 bridgehead atoms. The molecule has 1 rings (SSSR count). The third-order valence-corrected chi connectivity index (χ3v) is 3.70. The first kappa shape index (κ1) is 16.0. The molecule has 1 aromatic rings. The number of benzene rings is 1. The van der Waals surface area contributed by atoms with Gasteiger partial charge in [0.2, 0.25) is 0 Å². The van der Waals surface area contributed by atoms with Crippen molar-refractivity contribution in [3.05, 3.63) is 28.5 Å². The Labute approximate surface area is 122 Å². The highest BCUT2D eigenvalue weighted by molar-refractivity contribution is 9.10. The minimum absolute atomic E-state index is 0.217. The van der Waals surface area contributed by atoms with Crippen LogP contribution >= 0.6 is 15.9 Å². The van der Waals surface area contributed by atoms with Gasteiger partial charge in [0.1, 0.15) is 11.6 Å². The average molecular weight is 331 g/mol. The van der Waals surface area contributed by atoms with Gasteiger partial charge in [0.25, 0.3) is 0 Å². The van der Waals surface area contributed by atoms with E-state index in [0.717, 1.165) is 19.3 Å². The molecular formula is C14H20BrFN2O. The molecule has 0 aliphatic rings. The Kier molecular flexibility index (Phi) is 5.79. The van der Waals surface area contributed by atoms with Crippen molar-refractivity contribution in [2.45, 2.75) is 33.1 Å². The Morgan fingerprint density at radius 3 is 2.68 bits per heavy atom. The highest BCUT2D eigenvalue weighted by atomic mass is 79.9. The summed E-state index contributed by atoms with van der Waals surface area (Å²) in [5, 5.41) is 7.47. The van der Waals surface area contributed by atoms with Crippen LogP contribution in [-0.2, 0) is 0 Å². The fraction of sp³-hybridized carbons (Fsp3) is 0.500. The summed E-state index contributed by atoms with van der Waals surface area (Å²) in [5.41, 5.74) is 5.27. The highest BCUT2D eigenvalue weighted by Gasteiger charge is 2.20. The van der Waals surface area contributed by atoms with Crippen LogP contribution < -0.4 is 10.5 Å². The predicted molar refractivity (Wildman–Crippen MR) is 79.1 cm³/mol. The first-order chi connectivity index (χ1) is 8.83. The fourth-order valence-corrected chi connectivity index (χ4v) is 2.04. The zero-order valence-electron chi connectivity index (χ0n) is 11.3. The Morgan fingerprint density at radius 2 is 2.11 bits per heavy atom. The molecule has 5 heteroatoms. The van der Waals surface area contributed by atoms with Crippen molar-refractivity contribution in [1.82, 2.24) is 0 Å². The molecule has 106 valence electrons. The zero-order valence-corrected chi connectivity index (χ0v) is 12.9. The van der Waals surface area contributed by atoms with E-state index in [9.17, 15) is 4.39 Å². The summed E-state index contributed by atoms with van der Waals surface area (Å²) >= 11 is 3.26. The molecule has 0 saturated heterocycles. The average Bonchev–Trinajstić information content (AvgIpc) is 2.31. The fourth-order valence-electron chi connectivity index (χ4n) is 1.58. The Morgan fingerprint density at radius 1 is 1.42 bits per heavy atom. The number of unbranched alkanes of at least 4 members (excludes halogenated alkanes) is 1. The van der Waals surface area contributed by atoms with Crippen LogP contribution in [0.5, 0.6) is 5.75 Å². The Balaban J connectivity index is 2.30. The molecule has 0 saturated carbocycles. The molecule has 0 spiro atoms. The molecule has 19 heavy (non-hydrogen) atoms. The van der Waals surface area contributed by atoms with Crippen LogP contribution in [0.4, 0.5) is 4.39 Å². The molecule has 3 nitrogen and oxygen atoms in total. The van der Waals surface area contributed by atoms with E-state index in [4.69, 9.17) is 15.9 Å². The monoisotopic (exact) mass is 330 g/mol. The number of ether oxygens (including phenoxy) is 1. The van der Waals surface area contributed by atoms with E-state index in [1.54, 1.807) is 6.07 Å². The van der Waals surface area contributed by atoms with Crippen LogP contribution in [0.25, 0.3) is 0 Å². The summed E-state index contributed by atoms with van der Waals surface area (Å²) in [4.78, 5) is 0. The largest absolute Gasteiger partial charge is 0.492 e.